The fourth-order valence-electron chi connectivity index (χ4n) is 4.57. The number of nitrogens with one attached hydrogen (secondary N) is 2. The quantitative estimate of drug-likeness (QED) is 0.178. The van der Waals surface area contributed by atoms with Gasteiger partial charge in [-0.15, -0.1) is 6.58 Å². The van der Waals surface area contributed by atoms with E-state index in [1.54, 1.807) is 30.0 Å². The molecule has 8 nitrogen and oxygen atoms in total. The number of carbonyl (C=O) groups is 3. The molecule has 3 amide bonds. The zero-order chi connectivity index (χ0) is 31.1. The van der Waals surface area contributed by atoms with Crippen LogP contribution in [0.15, 0.2) is 49.1 Å². The molecule has 2 aromatic rings. The molecule has 0 unspecified atom stereocenters. The van der Waals surface area contributed by atoms with Gasteiger partial charge in [0.1, 0.15) is 11.6 Å². The molecule has 10 heteroatoms. The van der Waals surface area contributed by atoms with Crippen molar-refractivity contribution in [3.63, 3.8) is 0 Å². The van der Waals surface area contributed by atoms with Gasteiger partial charge in [-0.05, 0) is 74.1 Å². The molecule has 0 aliphatic heterocycles. The highest BCUT2D eigenvalue weighted by Crippen LogP contribution is 2.16. The maximum absolute atomic E-state index is 13.9. The Kier molecular flexibility index (Phi) is 14.8. The molecule has 0 aliphatic rings. The van der Waals surface area contributed by atoms with Crippen molar-refractivity contribution in [2.45, 2.75) is 65.0 Å². The average molecular weight is 588 g/mol. The van der Waals surface area contributed by atoms with Crippen LogP contribution in [0.25, 0.3) is 0 Å². The molecule has 0 heterocycles. The summed E-state index contributed by atoms with van der Waals surface area (Å²) in [6, 6.07) is 6.96. The number of aliphatic hydroxyl groups is 1. The van der Waals surface area contributed by atoms with Crippen LogP contribution < -0.4 is 10.6 Å². The van der Waals surface area contributed by atoms with E-state index in [2.05, 4.69) is 17.2 Å². The fourth-order valence-corrected chi connectivity index (χ4v) is 4.57. The lowest BCUT2D eigenvalue weighted by molar-refractivity contribution is -0.122. The highest BCUT2D eigenvalue weighted by Gasteiger charge is 2.24. The smallest absolute Gasteiger partial charge is 0.253 e. The highest BCUT2D eigenvalue weighted by atomic mass is 19.1. The van der Waals surface area contributed by atoms with Gasteiger partial charge in [-0.25, -0.2) is 8.78 Å². The van der Waals surface area contributed by atoms with Gasteiger partial charge in [0, 0.05) is 43.2 Å². The molecule has 3 N–H and O–H groups in total. The molecule has 0 fully saturated rings. The Labute approximate surface area is 247 Å². The number of aliphatic hydroxyl groups excluding tert-OH is 1. The van der Waals surface area contributed by atoms with E-state index in [9.17, 15) is 28.3 Å². The lowest BCUT2D eigenvalue weighted by atomic mass is 9.97. The van der Waals surface area contributed by atoms with Crippen LogP contribution >= 0.6 is 0 Å². The normalized spacial score (nSPS) is 12.3. The molecule has 0 saturated heterocycles. The summed E-state index contributed by atoms with van der Waals surface area (Å²) in [5.74, 6) is -2.54. The molecular formula is C32H43F2N3O5. The van der Waals surface area contributed by atoms with Crippen molar-refractivity contribution in [2.75, 3.05) is 32.8 Å². The Morgan fingerprint density at radius 3 is 2.29 bits per heavy atom. The summed E-state index contributed by atoms with van der Waals surface area (Å²) < 4.78 is 33.0. The summed E-state index contributed by atoms with van der Waals surface area (Å²) in [5.41, 5.74) is 1.56. The lowest BCUT2D eigenvalue weighted by Gasteiger charge is -2.25. The predicted molar refractivity (Wildman–Crippen MR) is 158 cm³/mol. The Bertz CT molecular complexity index is 1180. The fraction of sp³-hybridized carbons (Fsp3) is 0.469. The van der Waals surface area contributed by atoms with Gasteiger partial charge in [0.2, 0.25) is 5.91 Å². The number of benzene rings is 2. The van der Waals surface area contributed by atoms with Crippen molar-refractivity contribution in [1.82, 2.24) is 15.5 Å². The number of hydrogen-bond acceptors (Lipinski definition) is 5. The number of ether oxygens (including phenoxy) is 1. The third-order valence-electron chi connectivity index (χ3n) is 6.49. The van der Waals surface area contributed by atoms with Gasteiger partial charge >= 0.3 is 0 Å². The van der Waals surface area contributed by atoms with Crippen LogP contribution in [0.3, 0.4) is 0 Å². The molecule has 42 heavy (non-hydrogen) atoms. The minimum Gasteiger partial charge on any atom is -0.391 e. The van der Waals surface area contributed by atoms with Crippen molar-refractivity contribution in [1.29, 1.82) is 0 Å². The Morgan fingerprint density at radius 1 is 1.02 bits per heavy atom. The topological polar surface area (TPSA) is 108 Å². The van der Waals surface area contributed by atoms with Crippen LogP contribution in [0.1, 0.15) is 71.4 Å². The molecule has 0 aliphatic carbocycles. The molecule has 2 aromatic carbocycles. The maximum atomic E-state index is 13.9. The maximum Gasteiger partial charge on any atom is 0.253 e. The van der Waals surface area contributed by atoms with Crippen molar-refractivity contribution in [3.8, 4) is 0 Å². The SMILES string of the molecule is C=CCOCCC(=O)NCC[C@H](O)[C@H](Cc1cc(F)cc(F)c1)NC(=O)c1cc(C)cc(C(=O)N(CCC)CCC)c1. The number of hydrogen-bond donors (Lipinski definition) is 3. The second kappa shape index (κ2) is 18.0. The molecule has 0 bridgehead atoms. The lowest BCUT2D eigenvalue weighted by Crippen LogP contribution is -2.46. The van der Waals surface area contributed by atoms with E-state index >= 15 is 0 Å². The van der Waals surface area contributed by atoms with E-state index in [0.29, 0.717) is 30.8 Å². The standard InChI is InChI=1S/C32H43F2N3O5/c1-5-11-37(12-6-2)32(41)25-16-22(4)15-24(20-25)31(40)36-28(19-23-17-26(33)21-27(34)18-23)29(38)8-10-35-30(39)9-14-42-13-7-3/h7,15-18,20-21,28-29,38H,3,5-6,8-14,19H2,1-2,4H3,(H,35,39)(H,36,40)/t28-,29-/m0/s1. The first-order valence-electron chi connectivity index (χ1n) is 14.4. The van der Waals surface area contributed by atoms with Crippen LogP contribution in [0.5, 0.6) is 0 Å². The van der Waals surface area contributed by atoms with Crippen LogP contribution in [0.4, 0.5) is 8.78 Å². The van der Waals surface area contributed by atoms with E-state index in [4.69, 9.17) is 4.74 Å². The Hall–Kier alpha value is -3.63. The molecule has 2 rings (SSSR count). The summed E-state index contributed by atoms with van der Waals surface area (Å²) in [6.45, 7) is 11.2. The first kappa shape index (κ1) is 34.6. The number of halogens is 2. The summed E-state index contributed by atoms with van der Waals surface area (Å²) in [6.07, 6.45) is 2.16. The number of amides is 3. The largest absolute Gasteiger partial charge is 0.391 e. The summed E-state index contributed by atoms with van der Waals surface area (Å²) in [7, 11) is 0. The van der Waals surface area contributed by atoms with Gasteiger partial charge in [0.15, 0.2) is 0 Å². The minimum atomic E-state index is -1.16. The van der Waals surface area contributed by atoms with E-state index in [-0.39, 0.29) is 55.4 Å². The van der Waals surface area contributed by atoms with Crippen LogP contribution in [-0.4, -0.2) is 72.7 Å². The number of nitrogens with zero attached hydrogens (tertiary/aromatic N) is 1. The van der Waals surface area contributed by atoms with Crippen molar-refractivity contribution in [3.05, 3.63) is 82.9 Å². The van der Waals surface area contributed by atoms with Crippen molar-refractivity contribution < 1.29 is 33.0 Å². The van der Waals surface area contributed by atoms with Crippen LogP contribution in [-0.2, 0) is 16.0 Å². The van der Waals surface area contributed by atoms with E-state index in [1.165, 1.54) is 6.07 Å². The van der Waals surface area contributed by atoms with Crippen LogP contribution in [0.2, 0.25) is 0 Å². The predicted octanol–water partition coefficient (Wildman–Crippen LogP) is 4.34. The minimum absolute atomic E-state index is 0.0662. The van der Waals surface area contributed by atoms with E-state index in [1.807, 2.05) is 13.8 Å². The van der Waals surface area contributed by atoms with Gasteiger partial charge in [0.05, 0.1) is 25.4 Å². The first-order valence-corrected chi connectivity index (χ1v) is 14.4. The van der Waals surface area contributed by atoms with E-state index < -0.39 is 29.7 Å². The molecule has 0 aromatic heterocycles. The van der Waals surface area contributed by atoms with Crippen LogP contribution in [0, 0.1) is 18.6 Å². The van der Waals surface area contributed by atoms with Gasteiger partial charge in [0.25, 0.3) is 11.8 Å². The monoisotopic (exact) mass is 587 g/mol. The Morgan fingerprint density at radius 2 is 1.67 bits per heavy atom. The molecule has 0 radical (unpaired) electrons. The second-order valence-corrected chi connectivity index (χ2v) is 10.3. The van der Waals surface area contributed by atoms with Gasteiger partial charge in [-0.2, -0.15) is 0 Å². The molecule has 2 atom stereocenters. The van der Waals surface area contributed by atoms with Gasteiger partial charge in [-0.1, -0.05) is 19.9 Å². The third kappa shape index (κ3) is 11.7. The molecule has 0 spiro atoms. The Balaban J connectivity index is 2.20. The number of rotatable bonds is 18. The summed E-state index contributed by atoms with van der Waals surface area (Å²) >= 11 is 0. The van der Waals surface area contributed by atoms with Gasteiger partial charge in [-0.3, -0.25) is 14.4 Å². The first-order chi connectivity index (χ1) is 20.1. The summed E-state index contributed by atoms with van der Waals surface area (Å²) in [5, 5.41) is 16.5. The second-order valence-electron chi connectivity index (χ2n) is 10.3. The third-order valence-corrected chi connectivity index (χ3v) is 6.49. The molecular weight excluding hydrogens is 544 g/mol. The number of aryl methyl sites for hydroxylation is 1. The molecule has 230 valence electrons. The van der Waals surface area contributed by atoms with Crippen molar-refractivity contribution >= 4 is 17.7 Å². The van der Waals surface area contributed by atoms with Gasteiger partial charge < -0.3 is 25.4 Å². The highest BCUT2D eigenvalue weighted by molar-refractivity contribution is 6.00. The summed E-state index contributed by atoms with van der Waals surface area (Å²) in [4.78, 5) is 40.4. The average Bonchev–Trinajstić information content (AvgIpc) is 2.93. The number of carbonyl (C=O) groups excluding carboxylic acids is 3. The zero-order valence-corrected chi connectivity index (χ0v) is 24.8. The zero-order valence-electron chi connectivity index (χ0n) is 24.8. The molecule has 0 saturated carbocycles. The van der Waals surface area contributed by atoms with Crippen molar-refractivity contribution in [2.24, 2.45) is 0 Å². The van der Waals surface area contributed by atoms with E-state index in [0.717, 1.165) is 31.0 Å².